The molecule has 0 saturated heterocycles. The minimum atomic E-state index is 0.0978. The van der Waals surface area contributed by atoms with Crippen molar-refractivity contribution in [3.05, 3.63) is 29.8 Å². The van der Waals surface area contributed by atoms with Gasteiger partial charge in [0.25, 0.3) is 0 Å². The van der Waals surface area contributed by atoms with E-state index in [1.54, 1.807) is 12.1 Å². The van der Waals surface area contributed by atoms with E-state index in [0.717, 1.165) is 12.0 Å². The summed E-state index contributed by atoms with van der Waals surface area (Å²) in [6.45, 7) is 2.23. The Morgan fingerprint density at radius 1 is 1.00 bits per heavy atom. The van der Waals surface area contributed by atoms with E-state index in [-0.39, 0.29) is 11.5 Å². The summed E-state index contributed by atoms with van der Waals surface area (Å²) in [7, 11) is 0. The van der Waals surface area contributed by atoms with E-state index in [9.17, 15) is 5.11 Å². The average Bonchev–Trinajstić information content (AvgIpc) is 2.35. The Bertz CT molecular complexity index is 369. The van der Waals surface area contributed by atoms with E-state index in [0.29, 0.717) is 0 Å². The summed E-state index contributed by atoms with van der Waals surface area (Å²) in [5.74, 6) is 0.231. The van der Waals surface area contributed by atoms with Gasteiger partial charge in [0.05, 0.1) is 0 Å². The van der Waals surface area contributed by atoms with Gasteiger partial charge < -0.3 is 10.2 Å². The van der Waals surface area contributed by atoms with Gasteiger partial charge in [-0.15, -0.1) is 0 Å². The third-order valence-electron chi connectivity index (χ3n) is 3.04. The van der Waals surface area contributed by atoms with Crippen molar-refractivity contribution in [3.8, 4) is 11.5 Å². The number of phenolic OH excluding ortho intramolecular Hbond substituents is 2. The topological polar surface area (TPSA) is 40.5 Å². The van der Waals surface area contributed by atoms with Crippen LogP contribution in [0.5, 0.6) is 11.5 Å². The Morgan fingerprint density at radius 3 is 2.44 bits per heavy atom. The Kier molecular flexibility index (Phi) is 7.00. The SMILES string of the molecule is CCCCCCCCC=Cc1ccc(O)cc1O. The molecule has 100 valence electrons. The van der Waals surface area contributed by atoms with Crippen LogP contribution >= 0.6 is 0 Å². The monoisotopic (exact) mass is 248 g/mol. The summed E-state index contributed by atoms with van der Waals surface area (Å²) in [6, 6.07) is 4.68. The van der Waals surface area contributed by atoms with Gasteiger partial charge in [-0.3, -0.25) is 0 Å². The minimum Gasteiger partial charge on any atom is -0.508 e. The zero-order chi connectivity index (χ0) is 13.2. The predicted molar refractivity (Wildman–Crippen MR) is 76.8 cm³/mol. The number of phenols is 2. The molecule has 0 atom stereocenters. The highest BCUT2D eigenvalue weighted by Gasteiger charge is 1.97. The van der Waals surface area contributed by atoms with Gasteiger partial charge in [-0.1, -0.05) is 51.2 Å². The van der Waals surface area contributed by atoms with E-state index in [1.165, 1.54) is 44.6 Å². The van der Waals surface area contributed by atoms with Crippen molar-refractivity contribution in [1.29, 1.82) is 0 Å². The maximum atomic E-state index is 9.58. The summed E-state index contributed by atoms with van der Waals surface area (Å²) in [4.78, 5) is 0. The minimum absolute atomic E-state index is 0.0978. The molecule has 2 heteroatoms. The van der Waals surface area contributed by atoms with Crippen molar-refractivity contribution in [2.24, 2.45) is 0 Å². The molecular weight excluding hydrogens is 224 g/mol. The quantitative estimate of drug-likeness (QED) is 0.645. The predicted octanol–water partition coefficient (Wildman–Crippen LogP) is 4.86. The molecule has 0 aromatic heterocycles. The fourth-order valence-corrected chi connectivity index (χ4v) is 1.93. The van der Waals surface area contributed by atoms with Crippen LogP contribution < -0.4 is 0 Å². The molecule has 0 bridgehead atoms. The average molecular weight is 248 g/mol. The lowest BCUT2D eigenvalue weighted by Gasteiger charge is -2.00. The Morgan fingerprint density at radius 2 is 1.72 bits per heavy atom. The highest BCUT2D eigenvalue weighted by molar-refractivity contribution is 5.58. The zero-order valence-electron chi connectivity index (χ0n) is 11.2. The van der Waals surface area contributed by atoms with Gasteiger partial charge in [0.15, 0.2) is 0 Å². The van der Waals surface area contributed by atoms with Gasteiger partial charge in [0.2, 0.25) is 0 Å². The van der Waals surface area contributed by atoms with Gasteiger partial charge in [-0.2, -0.15) is 0 Å². The van der Waals surface area contributed by atoms with Crippen molar-refractivity contribution < 1.29 is 10.2 Å². The Balaban J connectivity index is 2.20. The molecule has 1 rings (SSSR count). The number of aromatic hydroxyl groups is 2. The molecule has 0 aliphatic heterocycles. The van der Waals surface area contributed by atoms with Crippen molar-refractivity contribution >= 4 is 6.08 Å². The molecule has 2 nitrogen and oxygen atoms in total. The molecule has 0 saturated carbocycles. The van der Waals surface area contributed by atoms with Gasteiger partial charge in [0, 0.05) is 11.6 Å². The summed E-state index contributed by atoms with van der Waals surface area (Å²) in [5.41, 5.74) is 0.763. The van der Waals surface area contributed by atoms with Crippen LogP contribution in [0.15, 0.2) is 24.3 Å². The van der Waals surface area contributed by atoms with E-state index < -0.39 is 0 Å². The van der Waals surface area contributed by atoms with Crippen LogP contribution in [0.3, 0.4) is 0 Å². The maximum absolute atomic E-state index is 9.58. The van der Waals surface area contributed by atoms with Crippen molar-refractivity contribution in [3.63, 3.8) is 0 Å². The Labute approximate surface area is 110 Å². The summed E-state index contributed by atoms with van der Waals surface area (Å²) in [5, 5.41) is 18.7. The normalized spacial score (nSPS) is 11.2. The molecule has 0 spiro atoms. The number of allylic oxidation sites excluding steroid dienone is 1. The molecule has 0 aliphatic carbocycles. The van der Waals surface area contributed by atoms with E-state index in [1.807, 2.05) is 6.08 Å². The number of hydrogen-bond donors (Lipinski definition) is 2. The third-order valence-corrected chi connectivity index (χ3v) is 3.04. The zero-order valence-corrected chi connectivity index (χ0v) is 11.2. The first-order valence-corrected chi connectivity index (χ1v) is 6.92. The molecule has 0 fully saturated rings. The second kappa shape index (κ2) is 8.62. The number of rotatable bonds is 8. The van der Waals surface area contributed by atoms with Gasteiger partial charge in [-0.05, 0) is 25.0 Å². The lowest BCUT2D eigenvalue weighted by molar-refractivity contribution is 0.450. The number of unbranched alkanes of at least 4 members (excludes halogenated alkanes) is 6. The molecule has 18 heavy (non-hydrogen) atoms. The molecule has 0 amide bonds. The molecule has 0 aliphatic rings. The van der Waals surface area contributed by atoms with Gasteiger partial charge >= 0.3 is 0 Å². The van der Waals surface area contributed by atoms with E-state index in [4.69, 9.17) is 5.11 Å². The maximum Gasteiger partial charge on any atom is 0.126 e. The standard InChI is InChI=1S/C16H24O2/c1-2-3-4-5-6-7-8-9-10-14-11-12-15(17)13-16(14)18/h9-13,17-18H,2-8H2,1H3. The fourth-order valence-electron chi connectivity index (χ4n) is 1.93. The van der Waals surface area contributed by atoms with Gasteiger partial charge in [0.1, 0.15) is 11.5 Å². The van der Waals surface area contributed by atoms with Crippen LogP contribution in [0.4, 0.5) is 0 Å². The largest absolute Gasteiger partial charge is 0.508 e. The lowest BCUT2D eigenvalue weighted by Crippen LogP contribution is -1.78. The molecule has 0 unspecified atom stereocenters. The van der Waals surface area contributed by atoms with E-state index >= 15 is 0 Å². The molecular formula is C16H24O2. The Hall–Kier alpha value is -1.44. The summed E-state index contributed by atoms with van der Waals surface area (Å²) in [6.07, 6.45) is 12.9. The fraction of sp³-hybridized carbons (Fsp3) is 0.500. The molecule has 1 aromatic rings. The first-order valence-electron chi connectivity index (χ1n) is 6.92. The second-order valence-corrected chi connectivity index (χ2v) is 4.70. The van der Waals surface area contributed by atoms with Crippen LogP contribution in [0, 0.1) is 0 Å². The lowest BCUT2D eigenvalue weighted by atomic mass is 10.1. The first kappa shape index (κ1) is 14.6. The van der Waals surface area contributed by atoms with E-state index in [2.05, 4.69) is 13.0 Å². The highest BCUT2D eigenvalue weighted by Crippen LogP contribution is 2.23. The molecule has 2 N–H and O–H groups in total. The highest BCUT2D eigenvalue weighted by atomic mass is 16.3. The summed E-state index contributed by atoms with van der Waals surface area (Å²) < 4.78 is 0. The molecule has 0 radical (unpaired) electrons. The van der Waals surface area contributed by atoms with Crippen molar-refractivity contribution in [1.82, 2.24) is 0 Å². The smallest absolute Gasteiger partial charge is 0.126 e. The van der Waals surface area contributed by atoms with Crippen LogP contribution in [-0.4, -0.2) is 10.2 Å². The van der Waals surface area contributed by atoms with Crippen molar-refractivity contribution in [2.75, 3.05) is 0 Å². The molecule has 1 aromatic carbocycles. The first-order chi connectivity index (χ1) is 8.74. The molecule has 0 heterocycles. The van der Waals surface area contributed by atoms with Crippen LogP contribution in [0.2, 0.25) is 0 Å². The number of benzene rings is 1. The van der Waals surface area contributed by atoms with Crippen molar-refractivity contribution in [2.45, 2.75) is 51.9 Å². The van der Waals surface area contributed by atoms with Crippen LogP contribution in [-0.2, 0) is 0 Å². The summed E-state index contributed by atoms with van der Waals surface area (Å²) >= 11 is 0. The van der Waals surface area contributed by atoms with Gasteiger partial charge in [-0.25, -0.2) is 0 Å². The second-order valence-electron chi connectivity index (χ2n) is 4.70. The number of hydrogen-bond acceptors (Lipinski definition) is 2. The van der Waals surface area contributed by atoms with Crippen LogP contribution in [0.1, 0.15) is 57.4 Å². The van der Waals surface area contributed by atoms with Crippen LogP contribution in [0.25, 0.3) is 6.08 Å². The third kappa shape index (κ3) is 5.76.